The number of para-hydroxylation sites is 1. The minimum Gasteiger partial charge on any atom is -0.373 e. The van der Waals surface area contributed by atoms with Gasteiger partial charge in [-0.15, -0.1) is 0 Å². The highest BCUT2D eigenvalue weighted by Gasteiger charge is 2.32. The minimum atomic E-state index is 0.0972. The lowest BCUT2D eigenvalue weighted by Gasteiger charge is -2.35. The van der Waals surface area contributed by atoms with Crippen LogP contribution in [-0.4, -0.2) is 53.8 Å². The van der Waals surface area contributed by atoms with Crippen LogP contribution in [0.3, 0.4) is 0 Å². The van der Waals surface area contributed by atoms with Crippen molar-refractivity contribution in [3.63, 3.8) is 0 Å². The Bertz CT molecular complexity index is 711. The number of aryl methyl sites for hydroxylation is 1. The number of hydrogen-bond donors (Lipinski definition) is 1. The second-order valence-electron chi connectivity index (χ2n) is 6.87. The highest BCUT2D eigenvalue weighted by molar-refractivity contribution is 5.80. The van der Waals surface area contributed by atoms with Crippen LogP contribution in [0.5, 0.6) is 0 Å². The molecule has 0 unspecified atom stereocenters. The van der Waals surface area contributed by atoms with Gasteiger partial charge in [0.2, 0.25) is 5.91 Å². The first kappa shape index (κ1) is 15.7. The fraction of sp³-hybridized carbons (Fsp3) is 0.526. The van der Waals surface area contributed by atoms with Crippen molar-refractivity contribution >= 4 is 16.8 Å². The SMILES string of the molecule is O=C(CCn1ccc2ccccc21)NC[C@H]1CN2CCC[C@@H]2CO1. The van der Waals surface area contributed by atoms with Crippen molar-refractivity contribution < 1.29 is 9.53 Å². The second-order valence-corrected chi connectivity index (χ2v) is 6.87. The van der Waals surface area contributed by atoms with Crippen LogP contribution in [0.1, 0.15) is 19.3 Å². The number of aromatic nitrogens is 1. The molecule has 1 N–H and O–H groups in total. The van der Waals surface area contributed by atoms with Crippen molar-refractivity contribution in [1.29, 1.82) is 0 Å². The van der Waals surface area contributed by atoms with E-state index in [1.807, 2.05) is 12.1 Å². The first-order valence-electron chi connectivity index (χ1n) is 8.96. The quantitative estimate of drug-likeness (QED) is 0.914. The molecule has 3 heterocycles. The molecule has 0 saturated carbocycles. The van der Waals surface area contributed by atoms with Gasteiger partial charge in [-0.1, -0.05) is 18.2 Å². The Morgan fingerprint density at radius 3 is 3.17 bits per heavy atom. The number of rotatable bonds is 5. The van der Waals surface area contributed by atoms with Crippen molar-refractivity contribution in [3.8, 4) is 0 Å². The average molecular weight is 327 g/mol. The van der Waals surface area contributed by atoms with Crippen molar-refractivity contribution in [2.45, 2.75) is 38.0 Å². The summed E-state index contributed by atoms with van der Waals surface area (Å²) in [7, 11) is 0. The molecule has 2 atom stereocenters. The fourth-order valence-corrected chi connectivity index (χ4v) is 3.88. The zero-order valence-electron chi connectivity index (χ0n) is 14.0. The Kier molecular flexibility index (Phi) is 4.54. The van der Waals surface area contributed by atoms with Crippen LogP contribution in [-0.2, 0) is 16.1 Å². The number of amides is 1. The van der Waals surface area contributed by atoms with Gasteiger partial charge in [0.05, 0.1) is 12.7 Å². The molecule has 0 radical (unpaired) electrons. The Morgan fingerprint density at radius 2 is 2.21 bits per heavy atom. The van der Waals surface area contributed by atoms with E-state index in [1.54, 1.807) is 0 Å². The molecule has 2 saturated heterocycles. The average Bonchev–Trinajstić information content (AvgIpc) is 3.24. The summed E-state index contributed by atoms with van der Waals surface area (Å²) in [5, 5.41) is 4.26. The van der Waals surface area contributed by atoms with E-state index in [4.69, 9.17) is 4.74 Å². The van der Waals surface area contributed by atoms with Crippen molar-refractivity contribution in [2.75, 3.05) is 26.2 Å². The van der Waals surface area contributed by atoms with Crippen LogP contribution in [0.4, 0.5) is 0 Å². The molecule has 2 aliphatic heterocycles. The third kappa shape index (κ3) is 3.32. The third-order valence-electron chi connectivity index (χ3n) is 5.25. The minimum absolute atomic E-state index is 0.0972. The topological polar surface area (TPSA) is 46.5 Å². The van der Waals surface area contributed by atoms with E-state index in [0.29, 0.717) is 25.6 Å². The summed E-state index contributed by atoms with van der Waals surface area (Å²) in [5.41, 5.74) is 1.18. The largest absolute Gasteiger partial charge is 0.373 e. The summed E-state index contributed by atoms with van der Waals surface area (Å²) in [5.74, 6) is 0.0972. The van der Waals surface area contributed by atoms with E-state index in [0.717, 1.165) is 13.2 Å². The van der Waals surface area contributed by atoms with Crippen LogP contribution >= 0.6 is 0 Å². The van der Waals surface area contributed by atoms with Crippen LogP contribution in [0.2, 0.25) is 0 Å². The molecule has 0 bridgehead atoms. The van der Waals surface area contributed by atoms with E-state index in [2.05, 4.69) is 39.2 Å². The van der Waals surface area contributed by atoms with E-state index in [9.17, 15) is 4.79 Å². The molecule has 2 aromatic rings. The molecule has 2 aliphatic rings. The molecule has 2 fully saturated rings. The Labute approximate surface area is 142 Å². The number of nitrogens with one attached hydrogen (secondary N) is 1. The summed E-state index contributed by atoms with van der Waals surface area (Å²) in [6.07, 6.45) is 5.21. The summed E-state index contributed by atoms with van der Waals surface area (Å²) in [6.45, 7) is 4.27. The molecular formula is C19H25N3O2. The lowest BCUT2D eigenvalue weighted by Crippen LogP contribution is -2.50. The monoisotopic (exact) mass is 327 g/mol. The van der Waals surface area contributed by atoms with Gasteiger partial charge in [-0.05, 0) is 36.9 Å². The normalized spacial score (nSPS) is 24.2. The van der Waals surface area contributed by atoms with E-state index < -0.39 is 0 Å². The predicted octanol–water partition coefficient (Wildman–Crippen LogP) is 2.01. The molecule has 4 rings (SSSR count). The van der Waals surface area contributed by atoms with Gasteiger partial charge in [0.1, 0.15) is 0 Å². The summed E-state index contributed by atoms with van der Waals surface area (Å²) >= 11 is 0. The summed E-state index contributed by atoms with van der Waals surface area (Å²) in [4.78, 5) is 14.7. The maximum Gasteiger partial charge on any atom is 0.221 e. The first-order valence-corrected chi connectivity index (χ1v) is 8.96. The number of morpholine rings is 1. The zero-order chi connectivity index (χ0) is 16.4. The van der Waals surface area contributed by atoms with Gasteiger partial charge in [0.25, 0.3) is 0 Å². The number of nitrogens with zero attached hydrogens (tertiary/aromatic N) is 2. The lowest BCUT2D eigenvalue weighted by molar-refractivity contribution is -0.122. The Hall–Kier alpha value is -1.85. The smallest absolute Gasteiger partial charge is 0.221 e. The third-order valence-corrected chi connectivity index (χ3v) is 5.25. The number of fused-ring (bicyclic) bond motifs is 2. The number of benzene rings is 1. The molecule has 1 amide bonds. The van der Waals surface area contributed by atoms with E-state index >= 15 is 0 Å². The maximum absolute atomic E-state index is 12.2. The summed E-state index contributed by atoms with van der Waals surface area (Å²) in [6, 6.07) is 11.0. The number of carbonyl (C=O) groups excluding carboxylic acids is 1. The number of carbonyl (C=O) groups is 1. The molecular weight excluding hydrogens is 302 g/mol. The van der Waals surface area contributed by atoms with Crippen LogP contribution in [0.15, 0.2) is 36.5 Å². The van der Waals surface area contributed by atoms with Gasteiger partial charge in [0.15, 0.2) is 0 Å². The molecule has 5 heteroatoms. The van der Waals surface area contributed by atoms with Crippen LogP contribution < -0.4 is 5.32 Å². The van der Waals surface area contributed by atoms with Gasteiger partial charge >= 0.3 is 0 Å². The lowest BCUT2D eigenvalue weighted by atomic mass is 10.2. The van der Waals surface area contributed by atoms with E-state index in [-0.39, 0.29) is 12.0 Å². The maximum atomic E-state index is 12.2. The molecule has 1 aromatic heterocycles. The molecule has 0 spiro atoms. The van der Waals surface area contributed by atoms with Crippen LogP contribution in [0, 0.1) is 0 Å². The molecule has 24 heavy (non-hydrogen) atoms. The van der Waals surface area contributed by atoms with Crippen molar-refractivity contribution in [2.24, 2.45) is 0 Å². The van der Waals surface area contributed by atoms with Gasteiger partial charge in [0, 0.05) is 43.8 Å². The molecule has 5 nitrogen and oxygen atoms in total. The molecule has 128 valence electrons. The van der Waals surface area contributed by atoms with Gasteiger partial charge < -0.3 is 14.6 Å². The van der Waals surface area contributed by atoms with E-state index in [1.165, 1.54) is 30.3 Å². The van der Waals surface area contributed by atoms with Crippen LogP contribution in [0.25, 0.3) is 10.9 Å². The van der Waals surface area contributed by atoms with Gasteiger partial charge in [-0.3, -0.25) is 9.69 Å². The van der Waals surface area contributed by atoms with Crippen molar-refractivity contribution in [1.82, 2.24) is 14.8 Å². The Balaban J connectivity index is 1.24. The van der Waals surface area contributed by atoms with Gasteiger partial charge in [-0.25, -0.2) is 0 Å². The van der Waals surface area contributed by atoms with Gasteiger partial charge in [-0.2, -0.15) is 0 Å². The number of ether oxygens (including phenoxy) is 1. The highest BCUT2D eigenvalue weighted by Crippen LogP contribution is 2.22. The number of hydrogen-bond acceptors (Lipinski definition) is 3. The highest BCUT2D eigenvalue weighted by atomic mass is 16.5. The predicted molar refractivity (Wildman–Crippen MR) is 93.9 cm³/mol. The fourth-order valence-electron chi connectivity index (χ4n) is 3.88. The Morgan fingerprint density at radius 1 is 1.29 bits per heavy atom. The zero-order valence-corrected chi connectivity index (χ0v) is 14.0. The molecule has 0 aliphatic carbocycles. The molecule has 1 aromatic carbocycles. The standard InChI is InChI=1S/C19H25N3O2/c23-19(8-11-21-10-7-15-4-1-2-6-18(15)21)20-12-17-13-22-9-3-5-16(22)14-24-17/h1-2,4,6-7,10,16-17H,3,5,8-9,11-14H2,(H,20,23)/t16-,17+/m1/s1. The van der Waals surface area contributed by atoms with Crippen molar-refractivity contribution in [3.05, 3.63) is 36.5 Å². The second kappa shape index (κ2) is 6.95. The first-order chi connectivity index (χ1) is 11.8. The summed E-state index contributed by atoms with van der Waals surface area (Å²) < 4.78 is 8.03.